The van der Waals surface area contributed by atoms with Crippen molar-refractivity contribution in [1.29, 1.82) is 0 Å². The van der Waals surface area contributed by atoms with E-state index in [1.807, 2.05) is 24.3 Å². The Labute approximate surface area is 145 Å². The first-order valence-corrected chi connectivity index (χ1v) is 8.13. The van der Waals surface area contributed by atoms with Crippen LogP contribution in [0.4, 0.5) is 5.82 Å². The lowest BCUT2D eigenvalue weighted by Crippen LogP contribution is -1.95. The molecule has 0 aliphatic heterocycles. The molecule has 0 radical (unpaired) electrons. The van der Waals surface area contributed by atoms with Gasteiger partial charge in [-0.3, -0.25) is 0 Å². The average molecular weight is 330 g/mol. The summed E-state index contributed by atoms with van der Waals surface area (Å²) in [7, 11) is 0. The summed E-state index contributed by atoms with van der Waals surface area (Å²) in [5.74, 6) is 1.09. The number of nitrogens with zero attached hydrogens (tertiary/aromatic N) is 3. The molecule has 0 bridgehead atoms. The van der Waals surface area contributed by atoms with Crippen LogP contribution in [0.25, 0.3) is 11.3 Å². The van der Waals surface area contributed by atoms with E-state index in [-0.39, 0.29) is 0 Å². The van der Waals surface area contributed by atoms with Gasteiger partial charge in [0.2, 0.25) is 0 Å². The summed E-state index contributed by atoms with van der Waals surface area (Å²) in [6.45, 7) is 0.858. The van der Waals surface area contributed by atoms with Crippen molar-refractivity contribution < 1.29 is 4.52 Å². The molecule has 0 saturated carbocycles. The first-order valence-electron chi connectivity index (χ1n) is 8.13. The number of benzene rings is 1. The number of pyridine rings is 1. The minimum atomic E-state index is 0.444. The smallest absolute Gasteiger partial charge is 0.170 e. The Balaban J connectivity index is 1.47. The summed E-state index contributed by atoms with van der Waals surface area (Å²) in [6, 6.07) is 18.1. The van der Waals surface area contributed by atoms with Crippen LogP contribution in [0.3, 0.4) is 0 Å². The number of anilines is 1. The number of nitrogens with two attached hydrogens (primary N) is 1. The predicted molar refractivity (Wildman–Crippen MR) is 96.9 cm³/mol. The summed E-state index contributed by atoms with van der Waals surface area (Å²) < 4.78 is 7.60. The molecule has 25 heavy (non-hydrogen) atoms. The van der Waals surface area contributed by atoms with Crippen molar-refractivity contribution in [3.63, 3.8) is 0 Å². The average Bonchev–Trinajstić information content (AvgIpc) is 3.26. The van der Waals surface area contributed by atoms with Gasteiger partial charge in [0.25, 0.3) is 0 Å². The van der Waals surface area contributed by atoms with Crippen LogP contribution in [0.15, 0.2) is 77.7 Å². The van der Waals surface area contributed by atoms with E-state index in [4.69, 9.17) is 10.3 Å². The molecule has 5 nitrogen and oxygen atoms in total. The maximum Gasteiger partial charge on any atom is 0.170 e. The van der Waals surface area contributed by atoms with Crippen molar-refractivity contribution in [3.05, 3.63) is 90.0 Å². The highest BCUT2D eigenvalue weighted by atomic mass is 16.5. The van der Waals surface area contributed by atoms with Crippen LogP contribution in [0, 0.1) is 0 Å². The minimum absolute atomic E-state index is 0.444. The molecule has 0 saturated heterocycles. The Kier molecular flexibility index (Phi) is 4.04. The summed E-state index contributed by atoms with van der Waals surface area (Å²) in [6.07, 6.45) is 6.60. The standard InChI is InChI=1S/C20H18N4O/c21-20-18(7-4-9-22-20)19-12-17(23-25-19)11-16-8-10-24(14-16)13-15-5-2-1-3-6-15/h1-10,12,14H,11,13H2,(H2,21,22). The Morgan fingerprint density at radius 2 is 1.88 bits per heavy atom. The molecule has 0 unspecified atom stereocenters. The topological polar surface area (TPSA) is 69.9 Å². The zero-order valence-corrected chi connectivity index (χ0v) is 13.7. The van der Waals surface area contributed by atoms with Crippen molar-refractivity contribution in [2.75, 3.05) is 5.73 Å². The molecule has 0 aliphatic carbocycles. The zero-order chi connectivity index (χ0) is 17.1. The molecule has 5 heteroatoms. The molecule has 0 amide bonds. The van der Waals surface area contributed by atoms with Gasteiger partial charge in [-0.2, -0.15) is 0 Å². The van der Waals surface area contributed by atoms with Gasteiger partial charge in [0.1, 0.15) is 5.82 Å². The van der Waals surface area contributed by atoms with Crippen LogP contribution in [0.5, 0.6) is 0 Å². The quantitative estimate of drug-likeness (QED) is 0.605. The summed E-state index contributed by atoms with van der Waals surface area (Å²) in [4.78, 5) is 4.08. The van der Waals surface area contributed by atoms with Gasteiger partial charge >= 0.3 is 0 Å². The molecule has 0 spiro atoms. The van der Waals surface area contributed by atoms with Gasteiger partial charge < -0.3 is 14.8 Å². The van der Waals surface area contributed by atoms with E-state index in [1.165, 1.54) is 11.1 Å². The maximum absolute atomic E-state index is 5.89. The fourth-order valence-electron chi connectivity index (χ4n) is 2.84. The third-order valence-electron chi connectivity index (χ3n) is 4.07. The monoisotopic (exact) mass is 330 g/mol. The van der Waals surface area contributed by atoms with Gasteiger partial charge in [0.05, 0.1) is 11.3 Å². The molecule has 0 atom stereocenters. The highest BCUT2D eigenvalue weighted by Crippen LogP contribution is 2.25. The number of rotatable bonds is 5. The van der Waals surface area contributed by atoms with Gasteiger partial charge in [-0.1, -0.05) is 35.5 Å². The van der Waals surface area contributed by atoms with Crippen molar-refractivity contribution in [2.24, 2.45) is 0 Å². The molecule has 2 N–H and O–H groups in total. The minimum Gasteiger partial charge on any atom is -0.383 e. The third kappa shape index (κ3) is 3.45. The fourth-order valence-corrected chi connectivity index (χ4v) is 2.84. The highest BCUT2D eigenvalue weighted by molar-refractivity contribution is 5.69. The normalized spacial score (nSPS) is 10.9. The molecule has 4 rings (SSSR count). The van der Waals surface area contributed by atoms with E-state index >= 15 is 0 Å². The number of aromatic nitrogens is 3. The summed E-state index contributed by atoms with van der Waals surface area (Å²) in [5, 5.41) is 4.15. The van der Waals surface area contributed by atoms with Gasteiger partial charge in [-0.25, -0.2) is 4.98 Å². The van der Waals surface area contributed by atoms with Gasteiger partial charge in [0.15, 0.2) is 5.76 Å². The molecule has 3 aromatic heterocycles. The molecule has 1 aromatic carbocycles. The van der Waals surface area contributed by atoms with E-state index in [2.05, 4.69) is 57.4 Å². The van der Waals surface area contributed by atoms with E-state index in [0.29, 0.717) is 18.0 Å². The Morgan fingerprint density at radius 1 is 1.00 bits per heavy atom. The van der Waals surface area contributed by atoms with Crippen LogP contribution in [0.1, 0.15) is 16.8 Å². The van der Waals surface area contributed by atoms with Crippen molar-refractivity contribution in [2.45, 2.75) is 13.0 Å². The molecule has 0 fully saturated rings. The van der Waals surface area contributed by atoms with E-state index in [9.17, 15) is 0 Å². The van der Waals surface area contributed by atoms with E-state index in [0.717, 1.165) is 17.8 Å². The van der Waals surface area contributed by atoms with Crippen LogP contribution < -0.4 is 5.73 Å². The molecule has 0 aliphatic rings. The largest absolute Gasteiger partial charge is 0.383 e. The first kappa shape index (κ1) is 15.2. The van der Waals surface area contributed by atoms with Crippen molar-refractivity contribution in [1.82, 2.24) is 14.7 Å². The van der Waals surface area contributed by atoms with Crippen molar-refractivity contribution >= 4 is 5.82 Å². The molecule has 124 valence electrons. The SMILES string of the molecule is Nc1ncccc1-c1cc(Cc2ccn(Cc3ccccc3)c2)no1. The lowest BCUT2D eigenvalue weighted by Gasteiger charge is -2.02. The van der Waals surface area contributed by atoms with Crippen molar-refractivity contribution in [3.8, 4) is 11.3 Å². The number of hydrogen-bond acceptors (Lipinski definition) is 4. The Bertz CT molecular complexity index is 972. The molecule has 4 aromatic rings. The second kappa shape index (κ2) is 6.65. The second-order valence-corrected chi connectivity index (χ2v) is 5.97. The van der Waals surface area contributed by atoms with Crippen LogP contribution in [-0.4, -0.2) is 14.7 Å². The van der Waals surface area contributed by atoms with E-state index < -0.39 is 0 Å². The highest BCUT2D eigenvalue weighted by Gasteiger charge is 2.11. The fraction of sp³-hybridized carbons (Fsp3) is 0.100. The molecular weight excluding hydrogens is 312 g/mol. The summed E-state index contributed by atoms with van der Waals surface area (Å²) in [5.41, 5.74) is 9.99. The zero-order valence-electron chi connectivity index (χ0n) is 13.7. The first-order chi connectivity index (χ1) is 12.3. The van der Waals surface area contributed by atoms with Gasteiger partial charge in [0, 0.05) is 37.6 Å². The Morgan fingerprint density at radius 3 is 2.72 bits per heavy atom. The molecular formula is C20H18N4O. The van der Waals surface area contributed by atoms with E-state index in [1.54, 1.807) is 6.20 Å². The van der Waals surface area contributed by atoms with Gasteiger partial charge in [-0.05, 0) is 29.3 Å². The molecule has 3 heterocycles. The maximum atomic E-state index is 5.89. The van der Waals surface area contributed by atoms with Crippen LogP contribution in [0.2, 0.25) is 0 Å². The van der Waals surface area contributed by atoms with Crippen LogP contribution in [-0.2, 0) is 13.0 Å². The number of hydrogen-bond donors (Lipinski definition) is 1. The lowest BCUT2D eigenvalue weighted by atomic mass is 10.1. The number of nitrogen functional groups attached to an aromatic ring is 1. The predicted octanol–water partition coefficient (Wildman–Crippen LogP) is 3.76. The summed E-state index contributed by atoms with van der Waals surface area (Å²) >= 11 is 0. The Hall–Kier alpha value is -3.34. The van der Waals surface area contributed by atoms with Crippen LogP contribution >= 0.6 is 0 Å². The second-order valence-electron chi connectivity index (χ2n) is 5.97. The van der Waals surface area contributed by atoms with Gasteiger partial charge in [-0.15, -0.1) is 0 Å². The lowest BCUT2D eigenvalue weighted by molar-refractivity contribution is 0.425. The third-order valence-corrected chi connectivity index (χ3v) is 4.07.